The maximum atomic E-state index is 12.8. The zero-order valence-electron chi connectivity index (χ0n) is 17.6. The highest BCUT2D eigenvalue weighted by molar-refractivity contribution is 7.89. The van der Waals surface area contributed by atoms with Crippen LogP contribution in [-0.4, -0.2) is 46.7 Å². The van der Waals surface area contributed by atoms with Crippen molar-refractivity contribution in [3.63, 3.8) is 0 Å². The molecule has 1 aliphatic rings. The second kappa shape index (κ2) is 10.3. The highest BCUT2D eigenvalue weighted by atomic mass is 35.5. The highest BCUT2D eigenvalue weighted by Gasteiger charge is 2.27. The van der Waals surface area contributed by atoms with Gasteiger partial charge in [-0.3, -0.25) is 4.79 Å². The van der Waals surface area contributed by atoms with Gasteiger partial charge in [0.15, 0.2) is 0 Å². The average Bonchev–Trinajstić information content (AvgIpc) is 2.74. The minimum atomic E-state index is -3.74. The number of carbonyl (C=O) groups excluding carboxylic acids is 1. The Kier molecular flexibility index (Phi) is 7.94. The van der Waals surface area contributed by atoms with Gasteiger partial charge in [-0.25, -0.2) is 21.6 Å². The summed E-state index contributed by atoms with van der Waals surface area (Å²) >= 11 is 5.76. The molecule has 32 heavy (non-hydrogen) atoms. The van der Waals surface area contributed by atoms with E-state index >= 15 is 0 Å². The number of amides is 1. The Morgan fingerprint density at radius 3 is 2.12 bits per heavy atom. The highest BCUT2D eigenvalue weighted by Crippen LogP contribution is 2.24. The van der Waals surface area contributed by atoms with E-state index in [1.54, 1.807) is 0 Å². The van der Waals surface area contributed by atoms with E-state index in [-0.39, 0.29) is 22.8 Å². The molecule has 1 fully saturated rings. The molecule has 0 saturated carbocycles. The minimum Gasteiger partial charge on any atom is -0.326 e. The number of carbonyl (C=O) groups is 1. The number of rotatable bonds is 8. The number of hydrogen-bond acceptors (Lipinski definition) is 5. The fraction of sp³-hybridized carbons (Fsp3) is 0.381. The third-order valence-electron chi connectivity index (χ3n) is 5.29. The Labute approximate surface area is 194 Å². The van der Waals surface area contributed by atoms with Gasteiger partial charge in [0.05, 0.1) is 9.79 Å². The molecule has 0 unspecified atom stereocenters. The number of nitrogens with zero attached hydrogens (tertiary/aromatic N) is 1. The molecule has 0 aromatic heterocycles. The number of hydrogen-bond donors (Lipinski definition) is 2. The third-order valence-corrected chi connectivity index (χ3v) is 8.93. The molecule has 2 N–H and O–H groups in total. The molecule has 3 rings (SSSR count). The van der Waals surface area contributed by atoms with Gasteiger partial charge in [-0.2, -0.15) is 4.31 Å². The average molecular weight is 500 g/mol. The molecule has 11 heteroatoms. The Hall–Kier alpha value is -1.98. The maximum absolute atomic E-state index is 12.8. The molecule has 0 aliphatic carbocycles. The Morgan fingerprint density at radius 2 is 1.53 bits per heavy atom. The Bertz CT molecular complexity index is 1140. The first-order valence-electron chi connectivity index (χ1n) is 10.2. The van der Waals surface area contributed by atoms with E-state index in [9.17, 15) is 21.6 Å². The molecular formula is C21H26ClN3O5S2. The number of piperidine rings is 1. The maximum Gasteiger partial charge on any atom is 0.243 e. The van der Waals surface area contributed by atoms with Crippen LogP contribution in [0.25, 0.3) is 0 Å². The molecule has 0 bridgehead atoms. The molecule has 0 spiro atoms. The molecule has 1 heterocycles. The molecule has 1 amide bonds. The summed E-state index contributed by atoms with van der Waals surface area (Å²) in [6.07, 6.45) is 1.60. The van der Waals surface area contributed by atoms with Crippen LogP contribution in [0.2, 0.25) is 5.02 Å². The van der Waals surface area contributed by atoms with Crippen molar-refractivity contribution in [2.24, 2.45) is 5.92 Å². The topological polar surface area (TPSA) is 113 Å². The summed E-state index contributed by atoms with van der Waals surface area (Å²) in [5, 5.41) is 3.06. The first-order valence-corrected chi connectivity index (χ1v) is 13.5. The zero-order valence-corrected chi connectivity index (χ0v) is 20.0. The van der Waals surface area contributed by atoms with Gasteiger partial charge in [0.1, 0.15) is 0 Å². The van der Waals surface area contributed by atoms with E-state index < -0.39 is 26.0 Å². The standard InChI is InChI=1S/C21H26ClN3O5S2/c1-16-11-14-25(15-12-16)32(29,30)20-8-4-18(5-9-20)24-21(26)10-13-23-31(27,28)19-6-2-17(22)3-7-19/h2-9,16,23H,10-15H2,1H3,(H,24,26). The summed E-state index contributed by atoms with van der Waals surface area (Å²) in [5.41, 5.74) is 0.432. The Balaban J connectivity index is 1.52. The molecule has 1 saturated heterocycles. The van der Waals surface area contributed by atoms with Crippen LogP contribution in [0.15, 0.2) is 58.3 Å². The van der Waals surface area contributed by atoms with Gasteiger partial charge in [-0.15, -0.1) is 0 Å². The SMILES string of the molecule is CC1CCN(S(=O)(=O)c2ccc(NC(=O)CCNS(=O)(=O)c3ccc(Cl)cc3)cc2)CC1. The number of anilines is 1. The molecule has 174 valence electrons. The summed E-state index contributed by atoms with van der Waals surface area (Å²) < 4.78 is 53.8. The second-order valence-corrected chi connectivity index (χ2v) is 11.9. The van der Waals surface area contributed by atoms with Crippen molar-refractivity contribution in [3.8, 4) is 0 Å². The number of halogens is 1. The van der Waals surface area contributed by atoms with Gasteiger partial charge in [-0.05, 0) is 67.3 Å². The van der Waals surface area contributed by atoms with Gasteiger partial charge in [0.25, 0.3) is 0 Å². The van der Waals surface area contributed by atoms with Gasteiger partial charge in [0.2, 0.25) is 26.0 Å². The van der Waals surface area contributed by atoms with Gasteiger partial charge < -0.3 is 5.32 Å². The van der Waals surface area contributed by atoms with Crippen molar-refractivity contribution in [1.82, 2.24) is 9.03 Å². The van der Waals surface area contributed by atoms with Crippen LogP contribution in [0.5, 0.6) is 0 Å². The Morgan fingerprint density at radius 1 is 0.969 bits per heavy atom. The molecule has 0 radical (unpaired) electrons. The lowest BCUT2D eigenvalue weighted by molar-refractivity contribution is -0.116. The van der Waals surface area contributed by atoms with Crippen molar-refractivity contribution in [2.45, 2.75) is 36.0 Å². The smallest absolute Gasteiger partial charge is 0.243 e. The third kappa shape index (κ3) is 6.29. The predicted molar refractivity (Wildman–Crippen MR) is 123 cm³/mol. The minimum absolute atomic E-state index is 0.0577. The van der Waals surface area contributed by atoms with Crippen molar-refractivity contribution in [1.29, 1.82) is 0 Å². The van der Waals surface area contributed by atoms with Crippen LogP contribution < -0.4 is 10.0 Å². The lowest BCUT2D eigenvalue weighted by Gasteiger charge is -2.29. The largest absolute Gasteiger partial charge is 0.326 e. The molecule has 8 nitrogen and oxygen atoms in total. The van der Waals surface area contributed by atoms with E-state index in [0.29, 0.717) is 29.7 Å². The van der Waals surface area contributed by atoms with Gasteiger partial charge in [-0.1, -0.05) is 18.5 Å². The van der Waals surface area contributed by atoms with Crippen LogP contribution in [0.3, 0.4) is 0 Å². The number of benzene rings is 2. The monoisotopic (exact) mass is 499 g/mol. The first kappa shape index (κ1) is 24.7. The lowest BCUT2D eigenvalue weighted by atomic mass is 10.0. The quantitative estimate of drug-likeness (QED) is 0.579. The molecular weight excluding hydrogens is 474 g/mol. The van der Waals surface area contributed by atoms with E-state index in [0.717, 1.165) is 12.8 Å². The van der Waals surface area contributed by atoms with Crippen LogP contribution in [0, 0.1) is 5.92 Å². The first-order chi connectivity index (χ1) is 15.1. The zero-order chi connectivity index (χ0) is 23.4. The number of sulfonamides is 2. The van der Waals surface area contributed by atoms with Crippen molar-refractivity contribution < 1.29 is 21.6 Å². The fourth-order valence-electron chi connectivity index (χ4n) is 3.30. The number of nitrogens with one attached hydrogen (secondary N) is 2. The van der Waals surface area contributed by atoms with E-state index in [1.807, 2.05) is 0 Å². The van der Waals surface area contributed by atoms with Crippen LogP contribution in [-0.2, 0) is 24.8 Å². The van der Waals surface area contributed by atoms with Gasteiger partial charge in [0, 0.05) is 36.8 Å². The van der Waals surface area contributed by atoms with E-state index in [2.05, 4.69) is 17.0 Å². The molecule has 2 aromatic rings. The normalized spacial score (nSPS) is 16.1. The summed E-state index contributed by atoms with van der Waals surface area (Å²) in [5.74, 6) is 0.124. The predicted octanol–water partition coefficient (Wildman–Crippen LogP) is 3.07. The van der Waals surface area contributed by atoms with E-state index in [1.165, 1.54) is 52.8 Å². The summed E-state index contributed by atoms with van der Waals surface area (Å²) in [7, 11) is -7.30. The summed E-state index contributed by atoms with van der Waals surface area (Å²) in [6.45, 7) is 3.04. The van der Waals surface area contributed by atoms with Crippen LogP contribution in [0.4, 0.5) is 5.69 Å². The fourth-order valence-corrected chi connectivity index (χ4v) is 5.93. The molecule has 2 aromatic carbocycles. The lowest BCUT2D eigenvalue weighted by Crippen LogP contribution is -2.37. The second-order valence-electron chi connectivity index (χ2n) is 7.76. The molecule has 1 aliphatic heterocycles. The van der Waals surface area contributed by atoms with Gasteiger partial charge >= 0.3 is 0 Å². The van der Waals surface area contributed by atoms with E-state index in [4.69, 9.17) is 11.6 Å². The van der Waals surface area contributed by atoms with Crippen molar-refractivity contribution in [2.75, 3.05) is 25.0 Å². The van der Waals surface area contributed by atoms with Crippen LogP contribution in [0.1, 0.15) is 26.2 Å². The van der Waals surface area contributed by atoms with Crippen LogP contribution >= 0.6 is 11.6 Å². The summed E-state index contributed by atoms with van der Waals surface area (Å²) in [6, 6.07) is 11.7. The van der Waals surface area contributed by atoms with Crippen molar-refractivity contribution >= 4 is 43.2 Å². The summed E-state index contributed by atoms with van der Waals surface area (Å²) in [4.78, 5) is 12.4. The van der Waals surface area contributed by atoms with Crippen molar-refractivity contribution in [3.05, 3.63) is 53.6 Å². The molecule has 0 atom stereocenters.